The molecule has 1 fully saturated rings. The van der Waals surface area contributed by atoms with E-state index in [1.807, 2.05) is 36.0 Å². The summed E-state index contributed by atoms with van der Waals surface area (Å²) in [6, 6.07) is 7.69. The van der Waals surface area contributed by atoms with Gasteiger partial charge in [-0.05, 0) is 12.1 Å². The van der Waals surface area contributed by atoms with Gasteiger partial charge in [0.25, 0.3) is 0 Å². The Hall–Kier alpha value is -0.910. The van der Waals surface area contributed by atoms with Crippen LogP contribution in [0.15, 0.2) is 24.3 Å². The molecule has 1 aromatic carbocycles. The van der Waals surface area contributed by atoms with Crippen LogP contribution in [-0.2, 0) is 4.79 Å². The third-order valence-corrected chi connectivity index (χ3v) is 3.91. The zero-order valence-corrected chi connectivity index (χ0v) is 12.5. The van der Waals surface area contributed by atoms with Crippen molar-refractivity contribution >= 4 is 35.8 Å². The fourth-order valence-electron chi connectivity index (χ4n) is 1.89. The summed E-state index contributed by atoms with van der Waals surface area (Å²) in [6.45, 7) is 0.988. The van der Waals surface area contributed by atoms with Crippen LogP contribution >= 0.6 is 24.2 Å². The van der Waals surface area contributed by atoms with Crippen molar-refractivity contribution in [3.05, 3.63) is 24.3 Å². The lowest BCUT2D eigenvalue weighted by Crippen LogP contribution is -2.39. The van der Waals surface area contributed by atoms with Gasteiger partial charge in [0.05, 0.1) is 7.11 Å². The Balaban J connectivity index is 0.00000180. The van der Waals surface area contributed by atoms with Gasteiger partial charge >= 0.3 is 0 Å². The van der Waals surface area contributed by atoms with Crippen molar-refractivity contribution in [2.75, 3.05) is 30.5 Å². The molecule has 6 heteroatoms. The molecule has 0 saturated carbocycles. The summed E-state index contributed by atoms with van der Waals surface area (Å²) >= 11 is 1.89. The quantitative estimate of drug-likeness (QED) is 0.895. The maximum absolute atomic E-state index is 11.9. The molecule has 1 aliphatic rings. The Labute approximate surface area is 124 Å². The van der Waals surface area contributed by atoms with Gasteiger partial charge in [-0.3, -0.25) is 4.79 Å². The molecule has 1 heterocycles. The number of halogens is 1. The van der Waals surface area contributed by atoms with Gasteiger partial charge in [-0.15, -0.1) is 12.4 Å². The molecule has 0 radical (unpaired) electrons. The van der Waals surface area contributed by atoms with Crippen LogP contribution in [0.25, 0.3) is 0 Å². The van der Waals surface area contributed by atoms with Gasteiger partial charge in [0, 0.05) is 42.3 Å². The normalized spacial score (nSPS) is 18.3. The summed E-state index contributed by atoms with van der Waals surface area (Å²) in [5, 5.41) is 6.25. The zero-order chi connectivity index (χ0) is 12.8. The molecule has 2 rings (SSSR count). The lowest BCUT2D eigenvalue weighted by atomic mass is 10.2. The van der Waals surface area contributed by atoms with E-state index < -0.39 is 0 Å². The number of rotatable bonds is 4. The van der Waals surface area contributed by atoms with E-state index in [2.05, 4.69) is 10.6 Å². The van der Waals surface area contributed by atoms with Gasteiger partial charge in [0.2, 0.25) is 5.91 Å². The number of nitrogens with one attached hydrogen (secondary N) is 2. The molecule has 106 valence electrons. The molecule has 0 aliphatic carbocycles. The van der Waals surface area contributed by atoms with Crippen molar-refractivity contribution in [2.45, 2.75) is 12.5 Å². The Kier molecular flexibility index (Phi) is 7.05. The number of anilines is 1. The summed E-state index contributed by atoms with van der Waals surface area (Å²) in [5.74, 6) is 2.93. The molecule has 1 amide bonds. The minimum Gasteiger partial charge on any atom is -0.497 e. The molecular weight excluding hydrogens is 284 g/mol. The van der Waals surface area contributed by atoms with E-state index >= 15 is 0 Å². The molecule has 0 spiro atoms. The third-order valence-electron chi connectivity index (χ3n) is 2.78. The second-order valence-electron chi connectivity index (χ2n) is 4.21. The highest BCUT2D eigenvalue weighted by atomic mass is 35.5. The van der Waals surface area contributed by atoms with Crippen LogP contribution in [-0.4, -0.2) is 37.1 Å². The van der Waals surface area contributed by atoms with E-state index in [0.717, 1.165) is 29.5 Å². The predicted molar refractivity (Wildman–Crippen MR) is 82.6 cm³/mol. The number of carbonyl (C=O) groups excluding carboxylic acids is 1. The summed E-state index contributed by atoms with van der Waals surface area (Å²) in [7, 11) is 1.62. The highest BCUT2D eigenvalue weighted by Crippen LogP contribution is 2.17. The van der Waals surface area contributed by atoms with E-state index in [-0.39, 0.29) is 24.4 Å². The molecule has 0 bridgehead atoms. The standard InChI is InChI=1S/C13H18N2O2S.ClH/c1-17-12-4-2-3-10(7-12)15-13(16)8-11-9-18-6-5-14-11;/h2-4,7,11,14H,5-6,8-9H2,1H3,(H,15,16);1H. The molecule has 19 heavy (non-hydrogen) atoms. The number of methoxy groups -OCH3 is 1. The SMILES string of the molecule is COc1cccc(NC(=O)CC2CSCCN2)c1.Cl. The van der Waals surface area contributed by atoms with Gasteiger partial charge in [0.1, 0.15) is 5.75 Å². The van der Waals surface area contributed by atoms with Crippen molar-refractivity contribution < 1.29 is 9.53 Å². The van der Waals surface area contributed by atoms with Crippen LogP contribution in [0.4, 0.5) is 5.69 Å². The fraction of sp³-hybridized carbons (Fsp3) is 0.462. The van der Waals surface area contributed by atoms with E-state index in [0.29, 0.717) is 6.42 Å². The first-order valence-electron chi connectivity index (χ1n) is 6.03. The maximum atomic E-state index is 11.9. The topological polar surface area (TPSA) is 50.4 Å². The Bertz CT molecular complexity index is 411. The highest BCUT2D eigenvalue weighted by Gasteiger charge is 2.16. The van der Waals surface area contributed by atoms with Gasteiger partial charge < -0.3 is 15.4 Å². The maximum Gasteiger partial charge on any atom is 0.225 e. The summed E-state index contributed by atoms with van der Waals surface area (Å²) < 4.78 is 5.12. The first-order chi connectivity index (χ1) is 8.78. The number of thioether (sulfide) groups is 1. The van der Waals surface area contributed by atoms with Gasteiger partial charge in [-0.2, -0.15) is 11.8 Å². The van der Waals surface area contributed by atoms with E-state index in [9.17, 15) is 4.79 Å². The van der Waals surface area contributed by atoms with E-state index in [1.165, 1.54) is 0 Å². The fourth-order valence-corrected chi connectivity index (χ4v) is 2.84. The minimum atomic E-state index is 0. The number of amides is 1. The zero-order valence-electron chi connectivity index (χ0n) is 10.8. The number of hydrogen-bond donors (Lipinski definition) is 2. The average Bonchev–Trinajstić information content (AvgIpc) is 2.40. The smallest absolute Gasteiger partial charge is 0.225 e. The number of benzene rings is 1. The summed E-state index contributed by atoms with van der Waals surface area (Å²) in [5.41, 5.74) is 0.780. The molecule has 0 aromatic heterocycles. The van der Waals surface area contributed by atoms with Gasteiger partial charge in [0.15, 0.2) is 0 Å². The van der Waals surface area contributed by atoms with Crippen LogP contribution in [0.3, 0.4) is 0 Å². The van der Waals surface area contributed by atoms with Crippen molar-refractivity contribution in [3.8, 4) is 5.75 Å². The monoisotopic (exact) mass is 302 g/mol. The lowest BCUT2D eigenvalue weighted by Gasteiger charge is -2.22. The molecule has 1 saturated heterocycles. The van der Waals surface area contributed by atoms with Crippen LogP contribution in [0.2, 0.25) is 0 Å². The molecule has 4 nitrogen and oxygen atoms in total. The van der Waals surface area contributed by atoms with Gasteiger partial charge in [-0.1, -0.05) is 6.07 Å². The van der Waals surface area contributed by atoms with Crippen LogP contribution in [0.5, 0.6) is 5.75 Å². The largest absolute Gasteiger partial charge is 0.497 e. The van der Waals surface area contributed by atoms with Crippen molar-refractivity contribution in [2.24, 2.45) is 0 Å². The Morgan fingerprint density at radius 3 is 3.11 bits per heavy atom. The third kappa shape index (κ3) is 5.30. The predicted octanol–water partition coefficient (Wildman–Crippen LogP) is 2.15. The van der Waals surface area contributed by atoms with Gasteiger partial charge in [-0.25, -0.2) is 0 Å². The van der Waals surface area contributed by atoms with Crippen molar-refractivity contribution in [3.63, 3.8) is 0 Å². The summed E-state index contributed by atoms with van der Waals surface area (Å²) in [6.07, 6.45) is 0.518. The van der Waals surface area contributed by atoms with Crippen molar-refractivity contribution in [1.29, 1.82) is 0 Å². The summed E-state index contributed by atoms with van der Waals surface area (Å²) in [4.78, 5) is 11.9. The number of hydrogen-bond acceptors (Lipinski definition) is 4. The Morgan fingerprint density at radius 2 is 2.42 bits per heavy atom. The molecule has 1 unspecified atom stereocenters. The minimum absolute atomic E-state index is 0. The Morgan fingerprint density at radius 1 is 1.58 bits per heavy atom. The number of carbonyl (C=O) groups is 1. The van der Waals surface area contributed by atoms with E-state index in [4.69, 9.17) is 4.74 Å². The van der Waals surface area contributed by atoms with E-state index in [1.54, 1.807) is 7.11 Å². The molecule has 2 N–H and O–H groups in total. The average molecular weight is 303 g/mol. The molecule has 1 atom stereocenters. The lowest BCUT2D eigenvalue weighted by molar-refractivity contribution is -0.116. The first-order valence-corrected chi connectivity index (χ1v) is 7.18. The molecular formula is C13H19ClN2O2S. The highest BCUT2D eigenvalue weighted by molar-refractivity contribution is 7.99. The number of ether oxygens (including phenoxy) is 1. The van der Waals surface area contributed by atoms with Crippen LogP contribution in [0.1, 0.15) is 6.42 Å². The van der Waals surface area contributed by atoms with Crippen LogP contribution < -0.4 is 15.4 Å². The molecule has 1 aliphatic heterocycles. The first kappa shape index (κ1) is 16.1. The second-order valence-corrected chi connectivity index (χ2v) is 5.36. The second kappa shape index (κ2) is 8.30. The molecule has 1 aromatic rings. The van der Waals surface area contributed by atoms with Crippen molar-refractivity contribution in [1.82, 2.24) is 5.32 Å². The van der Waals surface area contributed by atoms with Crippen LogP contribution in [0, 0.1) is 0 Å².